The van der Waals surface area contributed by atoms with Gasteiger partial charge < -0.3 is 14.5 Å². The molecular formula is C21H24N4O3. The summed E-state index contributed by atoms with van der Waals surface area (Å²) in [4.78, 5) is 36.6. The van der Waals surface area contributed by atoms with E-state index >= 15 is 0 Å². The summed E-state index contributed by atoms with van der Waals surface area (Å²) >= 11 is 0. The quantitative estimate of drug-likeness (QED) is 0.815. The van der Waals surface area contributed by atoms with Crippen molar-refractivity contribution in [3.8, 4) is 0 Å². The highest BCUT2D eigenvalue weighted by atomic mass is 16.6. The van der Waals surface area contributed by atoms with E-state index in [1.54, 1.807) is 16.0 Å². The maximum atomic E-state index is 12.5. The first-order valence-electron chi connectivity index (χ1n) is 9.64. The average molecular weight is 380 g/mol. The average Bonchev–Trinajstić information content (AvgIpc) is 3.03. The highest BCUT2D eigenvalue weighted by Crippen LogP contribution is 2.34. The topological polar surface area (TPSA) is 75.6 Å². The lowest BCUT2D eigenvalue weighted by atomic mass is 9.90. The molecule has 1 atom stereocenters. The van der Waals surface area contributed by atoms with Crippen molar-refractivity contribution in [3.05, 3.63) is 60.2 Å². The second kappa shape index (κ2) is 7.58. The van der Waals surface area contributed by atoms with E-state index in [2.05, 4.69) is 29.0 Å². The number of piperidine rings is 1. The molecule has 2 aliphatic heterocycles. The standard InChI is InChI=1S/C21H24N4O3/c1-16(17-5-3-2-4-6-17)14-25-15-21(28-20(25)27)7-11-24(12-8-21)19(26)18-13-22-9-10-23-18/h2-6,9-10,13,16H,7-8,11-12,14-15H2,1H3/t16-/m1/s1. The van der Waals surface area contributed by atoms with Gasteiger partial charge in [0, 0.05) is 44.9 Å². The minimum Gasteiger partial charge on any atom is -0.441 e. The van der Waals surface area contributed by atoms with Gasteiger partial charge in [0.05, 0.1) is 12.7 Å². The number of nitrogens with zero attached hydrogens (tertiary/aromatic N) is 4. The van der Waals surface area contributed by atoms with Gasteiger partial charge in [-0.1, -0.05) is 37.3 Å². The van der Waals surface area contributed by atoms with Crippen LogP contribution in [0.2, 0.25) is 0 Å². The van der Waals surface area contributed by atoms with Crippen LogP contribution >= 0.6 is 0 Å². The van der Waals surface area contributed by atoms with Crippen molar-refractivity contribution >= 4 is 12.0 Å². The zero-order chi connectivity index (χ0) is 19.6. The molecule has 0 radical (unpaired) electrons. The summed E-state index contributed by atoms with van der Waals surface area (Å²) in [6.45, 7) is 4.42. The first-order valence-corrected chi connectivity index (χ1v) is 9.64. The van der Waals surface area contributed by atoms with Gasteiger partial charge in [-0.2, -0.15) is 0 Å². The molecule has 2 amide bonds. The molecule has 2 aliphatic rings. The van der Waals surface area contributed by atoms with E-state index in [4.69, 9.17) is 4.74 Å². The van der Waals surface area contributed by atoms with Crippen molar-refractivity contribution in [2.45, 2.75) is 31.3 Å². The molecule has 146 valence electrons. The minimum atomic E-state index is -0.493. The Bertz CT molecular complexity index is 835. The minimum absolute atomic E-state index is 0.123. The van der Waals surface area contributed by atoms with Crippen LogP contribution in [0.25, 0.3) is 0 Å². The van der Waals surface area contributed by atoms with Crippen LogP contribution in [0.4, 0.5) is 4.79 Å². The number of ether oxygens (including phenoxy) is 1. The summed E-state index contributed by atoms with van der Waals surface area (Å²) < 4.78 is 5.79. The Labute approximate surface area is 164 Å². The Hall–Kier alpha value is -2.96. The number of hydrogen-bond acceptors (Lipinski definition) is 5. The van der Waals surface area contributed by atoms with Crippen molar-refractivity contribution < 1.29 is 14.3 Å². The van der Waals surface area contributed by atoms with E-state index in [1.807, 2.05) is 18.2 Å². The van der Waals surface area contributed by atoms with Crippen LogP contribution in [0.3, 0.4) is 0 Å². The van der Waals surface area contributed by atoms with E-state index in [9.17, 15) is 9.59 Å². The van der Waals surface area contributed by atoms with E-state index in [-0.39, 0.29) is 17.9 Å². The normalized spacial score (nSPS) is 19.5. The van der Waals surface area contributed by atoms with Gasteiger partial charge >= 0.3 is 6.09 Å². The maximum Gasteiger partial charge on any atom is 0.410 e. The van der Waals surface area contributed by atoms with Crippen molar-refractivity contribution in [3.63, 3.8) is 0 Å². The molecule has 2 saturated heterocycles. The molecule has 0 unspecified atom stereocenters. The number of rotatable bonds is 4. The van der Waals surface area contributed by atoms with Crippen molar-refractivity contribution in [1.82, 2.24) is 19.8 Å². The van der Waals surface area contributed by atoms with Gasteiger partial charge in [-0.3, -0.25) is 9.78 Å². The molecule has 0 aliphatic carbocycles. The number of benzene rings is 1. The highest BCUT2D eigenvalue weighted by molar-refractivity contribution is 5.92. The summed E-state index contributed by atoms with van der Waals surface area (Å²) in [7, 11) is 0. The Morgan fingerprint density at radius 2 is 1.96 bits per heavy atom. The van der Waals surface area contributed by atoms with E-state index in [0.717, 1.165) is 0 Å². The smallest absolute Gasteiger partial charge is 0.410 e. The van der Waals surface area contributed by atoms with Crippen LogP contribution in [0.5, 0.6) is 0 Å². The number of carbonyl (C=O) groups excluding carboxylic acids is 2. The van der Waals surface area contributed by atoms with Crippen molar-refractivity contribution in [2.75, 3.05) is 26.2 Å². The highest BCUT2D eigenvalue weighted by Gasteiger charge is 2.47. The van der Waals surface area contributed by atoms with E-state index in [0.29, 0.717) is 44.7 Å². The van der Waals surface area contributed by atoms with Crippen LogP contribution in [-0.2, 0) is 4.74 Å². The summed E-state index contributed by atoms with van der Waals surface area (Å²) in [5, 5.41) is 0. The molecule has 4 rings (SSSR count). The number of hydrogen-bond donors (Lipinski definition) is 0. The Morgan fingerprint density at radius 1 is 1.21 bits per heavy atom. The second-order valence-corrected chi connectivity index (χ2v) is 7.63. The third-order valence-electron chi connectivity index (χ3n) is 5.65. The number of aromatic nitrogens is 2. The SMILES string of the molecule is C[C@H](CN1CC2(CCN(C(=O)c3cnccn3)CC2)OC1=O)c1ccccc1. The van der Waals surface area contributed by atoms with E-state index in [1.165, 1.54) is 18.0 Å². The summed E-state index contributed by atoms with van der Waals surface area (Å²) in [6, 6.07) is 10.2. The summed E-state index contributed by atoms with van der Waals surface area (Å²) in [6.07, 6.45) is 5.57. The molecule has 3 heterocycles. The fourth-order valence-electron chi connectivity index (χ4n) is 4.00. The number of amides is 2. The fraction of sp³-hybridized carbons (Fsp3) is 0.429. The third kappa shape index (κ3) is 3.69. The zero-order valence-corrected chi connectivity index (χ0v) is 16.0. The van der Waals surface area contributed by atoms with Crippen LogP contribution in [0, 0.1) is 0 Å². The lowest BCUT2D eigenvalue weighted by molar-refractivity contribution is 0.00295. The monoisotopic (exact) mass is 380 g/mol. The lowest BCUT2D eigenvalue weighted by Crippen LogP contribution is -2.49. The van der Waals surface area contributed by atoms with Gasteiger partial charge in [-0.25, -0.2) is 9.78 Å². The molecule has 7 nitrogen and oxygen atoms in total. The van der Waals surface area contributed by atoms with Gasteiger partial charge in [0.2, 0.25) is 0 Å². The van der Waals surface area contributed by atoms with Gasteiger partial charge in [0.25, 0.3) is 5.91 Å². The molecule has 7 heteroatoms. The molecule has 0 saturated carbocycles. The molecule has 2 fully saturated rings. The van der Waals surface area contributed by atoms with Crippen LogP contribution in [0.15, 0.2) is 48.9 Å². The van der Waals surface area contributed by atoms with Crippen LogP contribution < -0.4 is 0 Å². The number of carbonyl (C=O) groups is 2. The van der Waals surface area contributed by atoms with Gasteiger partial charge in [0.1, 0.15) is 11.3 Å². The molecule has 1 spiro atoms. The molecule has 0 bridgehead atoms. The van der Waals surface area contributed by atoms with Gasteiger partial charge in [-0.15, -0.1) is 0 Å². The van der Waals surface area contributed by atoms with Gasteiger partial charge in [-0.05, 0) is 11.5 Å². The fourth-order valence-corrected chi connectivity index (χ4v) is 4.00. The molecule has 0 N–H and O–H groups in total. The Balaban J connectivity index is 1.36. The number of likely N-dealkylation sites (tertiary alicyclic amines) is 1. The summed E-state index contributed by atoms with van der Waals surface area (Å²) in [5.74, 6) is 0.115. The molecule has 2 aromatic rings. The molecule has 1 aromatic heterocycles. The zero-order valence-electron chi connectivity index (χ0n) is 16.0. The predicted octanol–water partition coefficient (Wildman–Crippen LogP) is 2.71. The molecule has 1 aromatic carbocycles. The molecular weight excluding hydrogens is 356 g/mol. The van der Waals surface area contributed by atoms with Crippen LogP contribution in [0.1, 0.15) is 41.7 Å². The van der Waals surface area contributed by atoms with Crippen molar-refractivity contribution in [2.24, 2.45) is 0 Å². The predicted molar refractivity (Wildman–Crippen MR) is 103 cm³/mol. The first-order chi connectivity index (χ1) is 13.6. The van der Waals surface area contributed by atoms with Gasteiger partial charge in [0.15, 0.2) is 0 Å². The largest absolute Gasteiger partial charge is 0.441 e. The summed E-state index contributed by atoms with van der Waals surface area (Å²) in [5.41, 5.74) is 1.06. The maximum absolute atomic E-state index is 12.5. The molecule has 28 heavy (non-hydrogen) atoms. The van der Waals surface area contributed by atoms with Crippen molar-refractivity contribution in [1.29, 1.82) is 0 Å². The van der Waals surface area contributed by atoms with Crippen LogP contribution in [-0.4, -0.2) is 63.5 Å². The second-order valence-electron chi connectivity index (χ2n) is 7.63. The first kappa shape index (κ1) is 18.4. The Morgan fingerprint density at radius 3 is 2.64 bits per heavy atom. The van der Waals surface area contributed by atoms with E-state index < -0.39 is 5.60 Å². The lowest BCUT2D eigenvalue weighted by Gasteiger charge is -2.37. The Kier molecular flexibility index (Phi) is 4.98. The third-order valence-corrected chi connectivity index (χ3v) is 5.65.